The van der Waals surface area contributed by atoms with Gasteiger partial charge in [-0.25, -0.2) is 9.80 Å². The highest BCUT2D eigenvalue weighted by Gasteiger charge is 2.56. The summed E-state index contributed by atoms with van der Waals surface area (Å²) >= 11 is 0.888. The zero-order valence-corrected chi connectivity index (χ0v) is 30.8. The molecule has 1 unspecified atom stereocenters. The Morgan fingerprint density at radius 1 is 0.885 bits per heavy atom. The van der Waals surface area contributed by atoms with Gasteiger partial charge in [-0.15, -0.1) is 5.10 Å². The van der Waals surface area contributed by atoms with Gasteiger partial charge in [0.2, 0.25) is 11.8 Å². The molecule has 2 aromatic rings. The number of amides is 2. The second-order valence-electron chi connectivity index (χ2n) is 12.4. The molecule has 0 radical (unpaired) electrons. The van der Waals surface area contributed by atoms with Gasteiger partial charge in [0.05, 0.1) is 6.61 Å². The van der Waals surface area contributed by atoms with Crippen LogP contribution in [0.5, 0.6) is 5.75 Å². The van der Waals surface area contributed by atoms with Crippen molar-refractivity contribution in [2.24, 2.45) is 11.0 Å². The number of ether oxygens (including phenoxy) is 6. The van der Waals surface area contributed by atoms with Gasteiger partial charge in [0.25, 0.3) is 0 Å². The molecule has 1 aromatic carbocycles. The van der Waals surface area contributed by atoms with Crippen molar-refractivity contribution in [2.75, 3.05) is 13.2 Å². The molecule has 4 rings (SSSR count). The Bertz CT molecular complexity index is 1810. The molecule has 0 N–H and O–H groups in total. The molecular formula is C34H41N3O14S. The number of benzene rings is 1. The third kappa shape index (κ3) is 9.67. The van der Waals surface area contributed by atoms with E-state index in [9.17, 15) is 33.6 Å². The molecule has 1 fully saturated rings. The van der Waals surface area contributed by atoms with Crippen molar-refractivity contribution >= 4 is 63.6 Å². The summed E-state index contributed by atoms with van der Waals surface area (Å²) in [4.78, 5) is 89.2. The van der Waals surface area contributed by atoms with Crippen LogP contribution < -0.4 is 10.4 Å². The van der Waals surface area contributed by atoms with Crippen molar-refractivity contribution in [3.63, 3.8) is 0 Å². The Hall–Kier alpha value is -4.97. The Labute approximate surface area is 302 Å². The Kier molecular flexibility index (Phi) is 13.0. The number of fused-ring (bicyclic) bond motifs is 1. The van der Waals surface area contributed by atoms with Crippen LogP contribution in [0.15, 0.2) is 38.6 Å². The number of esters is 4. The van der Waals surface area contributed by atoms with Crippen molar-refractivity contribution in [3.8, 4) is 5.75 Å². The van der Waals surface area contributed by atoms with E-state index >= 15 is 0 Å². The number of hydrogen-bond acceptors (Lipinski definition) is 16. The van der Waals surface area contributed by atoms with E-state index in [0.29, 0.717) is 29.2 Å². The maximum Gasteiger partial charge on any atom is 0.336 e. The first kappa shape index (κ1) is 39.8. The van der Waals surface area contributed by atoms with Crippen LogP contribution in [-0.4, -0.2) is 94.6 Å². The molecule has 17 nitrogen and oxygen atoms in total. The van der Waals surface area contributed by atoms with E-state index in [1.54, 1.807) is 18.2 Å². The predicted molar refractivity (Wildman–Crippen MR) is 182 cm³/mol. The van der Waals surface area contributed by atoms with Gasteiger partial charge in [0.15, 0.2) is 29.7 Å². The molecule has 1 saturated heterocycles. The van der Waals surface area contributed by atoms with Gasteiger partial charge in [0, 0.05) is 58.6 Å². The van der Waals surface area contributed by atoms with Crippen molar-refractivity contribution in [2.45, 2.75) is 97.8 Å². The molecule has 3 heterocycles. The minimum absolute atomic E-state index is 0.140. The summed E-state index contributed by atoms with van der Waals surface area (Å²) in [6, 6.07) is 6.11. The lowest BCUT2D eigenvalue weighted by Gasteiger charge is -2.47. The van der Waals surface area contributed by atoms with Crippen molar-refractivity contribution in [1.82, 2.24) is 9.91 Å². The quantitative estimate of drug-likeness (QED) is 0.184. The van der Waals surface area contributed by atoms with Crippen LogP contribution in [0.1, 0.15) is 72.7 Å². The molecule has 0 saturated carbocycles. The number of hydrogen-bond donors (Lipinski definition) is 0. The summed E-state index contributed by atoms with van der Waals surface area (Å²) in [5, 5.41) is 4.76. The van der Waals surface area contributed by atoms with Crippen molar-refractivity contribution in [1.29, 1.82) is 0 Å². The number of nitrogens with zero attached hydrogens (tertiary/aromatic N) is 3. The zero-order chi connectivity index (χ0) is 38.4. The second-order valence-corrected chi connectivity index (χ2v) is 13.5. The average Bonchev–Trinajstić information content (AvgIpc) is 3.46. The first-order valence-electron chi connectivity index (χ1n) is 16.3. The van der Waals surface area contributed by atoms with E-state index in [-0.39, 0.29) is 10.8 Å². The molecule has 282 valence electrons. The molecule has 1 aromatic heterocycles. The number of thioether (sulfide) groups is 1. The van der Waals surface area contributed by atoms with Gasteiger partial charge in [-0.2, -0.15) is 0 Å². The van der Waals surface area contributed by atoms with Crippen LogP contribution >= 0.6 is 11.8 Å². The van der Waals surface area contributed by atoms with Crippen LogP contribution in [0.3, 0.4) is 0 Å². The maximum atomic E-state index is 13.5. The summed E-state index contributed by atoms with van der Waals surface area (Å²) < 4.78 is 39.3. The van der Waals surface area contributed by atoms with Crippen LogP contribution in [0.25, 0.3) is 11.0 Å². The lowest BCUT2D eigenvalue weighted by atomic mass is 9.96. The first-order chi connectivity index (χ1) is 24.5. The highest BCUT2D eigenvalue weighted by atomic mass is 32.2. The molecule has 6 atom stereocenters. The number of amidine groups is 1. The molecule has 0 aliphatic carbocycles. The lowest BCUT2D eigenvalue weighted by Crippen LogP contribution is -2.67. The molecule has 0 bridgehead atoms. The van der Waals surface area contributed by atoms with Crippen LogP contribution in [0, 0.1) is 5.92 Å². The van der Waals surface area contributed by atoms with E-state index in [2.05, 4.69) is 18.9 Å². The number of rotatable bonds is 11. The fourth-order valence-electron chi connectivity index (χ4n) is 5.56. The Morgan fingerprint density at radius 3 is 2.10 bits per heavy atom. The molecule has 2 aliphatic rings. The molecule has 18 heteroatoms. The molecule has 2 aliphatic heterocycles. The Balaban J connectivity index is 1.82. The van der Waals surface area contributed by atoms with Gasteiger partial charge in [0.1, 0.15) is 29.4 Å². The van der Waals surface area contributed by atoms with E-state index in [1.165, 1.54) is 13.0 Å². The average molecular weight is 748 g/mol. The van der Waals surface area contributed by atoms with Crippen molar-refractivity contribution in [3.05, 3.63) is 40.2 Å². The summed E-state index contributed by atoms with van der Waals surface area (Å²) in [5.74, 6) is -3.70. The molecule has 52 heavy (non-hydrogen) atoms. The third-order valence-corrected chi connectivity index (χ3v) is 8.86. The van der Waals surface area contributed by atoms with E-state index in [0.717, 1.165) is 62.7 Å². The lowest BCUT2D eigenvalue weighted by molar-refractivity contribution is -0.269. The minimum Gasteiger partial charge on any atom is -0.494 e. The topological polar surface area (TPSA) is 207 Å². The maximum absolute atomic E-state index is 13.5. The summed E-state index contributed by atoms with van der Waals surface area (Å²) in [7, 11) is 0. The minimum atomic E-state index is -1.64. The predicted octanol–water partition coefficient (Wildman–Crippen LogP) is 3.01. The second kappa shape index (κ2) is 17.0. The van der Waals surface area contributed by atoms with Crippen LogP contribution in [0.4, 0.5) is 0 Å². The first-order valence-corrected chi connectivity index (χ1v) is 17.2. The van der Waals surface area contributed by atoms with Gasteiger partial charge >= 0.3 is 29.5 Å². The summed E-state index contributed by atoms with van der Waals surface area (Å²) in [6.45, 7) is 10.8. The van der Waals surface area contributed by atoms with E-state index < -0.39 is 83.9 Å². The van der Waals surface area contributed by atoms with Gasteiger partial charge in [-0.05, 0) is 30.5 Å². The van der Waals surface area contributed by atoms with Gasteiger partial charge < -0.3 is 32.8 Å². The SMILES string of the molecule is CC(=O)OC[C@H]1O[C@@H](N(C(C)=O)C2=NN(C(C)=O)C(c3cc(=O)oc4ccc(OCCC(C)C)cc34)S2)[C@H](OC(C)=O)[C@@H](OC(C)=O)[C@@H]1OC(C)=O. The van der Waals surface area contributed by atoms with Gasteiger partial charge in [-0.1, -0.05) is 25.6 Å². The standard InChI is InChI=1S/C34H41N3O14S/c1-16(2)11-12-45-23-9-10-26-24(13-23)25(14-28(44)50-26)33-37(18(4)39)35-34(52-33)36(17(3)38)32-31(49-22(8)43)30(48-21(7)42)29(47-20(6)41)27(51-32)15-46-19(5)40/h9-10,13-14,16,27,29-33H,11-12,15H2,1-8H3/t27-,29-,30+,31-,32-,33?/m1/s1. The van der Waals surface area contributed by atoms with Crippen molar-refractivity contribution < 1.29 is 61.6 Å². The van der Waals surface area contributed by atoms with Crippen LogP contribution in [-0.2, 0) is 52.5 Å². The summed E-state index contributed by atoms with van der Waals surface area (Å²) in [6.07, 6.45) is -6.89. The monoisotopic (exact) mass is 747 g/mol. The largest absolute Gasteiger partial charge is 0.494 e. The fraction of sp³-hybridized carbons (Fsp3) is 0.529. The normalized spacial score (nSPS) is 22.7. The zero-order valence-electron chi connectivity index (χ0n) is 29.9. The summed E-state index contributed by atoms with van der Waals surface area (Å²) in [5.41, 5.74) is -0.194. The Morgan fingerprint density at radius 2 is 1.52 bits per heavy atom. The number of carbonyl (C=O) groups excluding carboxylic acids is 6. The highest BCUT2D eigenvalue weighted by Crippen LogP contribution is 2.44. The molecular weight excluding hydrogens is 706 g/mol. The number of hydrazone groups is 1. The molecule has 2 amide bonds. The number of carbonyl (C=O) groups is 6. The van der Waals surface area contributed by atoms with E-state index in [1.807, 2.05) is 0 Å². The smallest absolute Gasteiger partial charge is 0.336 e. The third-order valence-electron chi connectivity index (χ3n) is 7.70. The fourth-order valence-corrected chi connectivity index (χ4v) is 6.86. The van der Waals surface area contributed by atoms with E-state index in [4.69, 9.17) is 32.8 Å². The highest BCUT2D eigenvalue weighted by molar-refractivity contribution is 8.14. The molecule has 0 spiro atoms. The van der Waals surface area contributed by atoms with Crippen LogP contribution in [0.2, 0.25) is 0 Å². The van der Waals surface area contributed by atoms with Gasteiger partial charge in [-0.3, -0.25) is 33.7 Å².